The Morgan fingerprint density at radius 2 is 1.75 bits per heavy atom. The van der Waals surface area contributed by atoms with Crippen molar-refractivity contribution in [1.29, 1.82) is 0 Å². The standard InChI is InChI=1S/C15H28N4O/c1-5-7-9-19(10-8-6-2)14-13(16)15(18-11-17-14)20-12(3)4/h11-12H,5-10,16H2,1-4H3. The van der Waals surface area contributed by atoms with Crippen molar-refractivity contribution >= 4 is 11.5 Å². The number of rotatable bonds is 9. The molecular weight excluding hydrogens is 252 g/mol. The highest BCUT2D eigenvalue weighted by atomic mass is 16.5. The Morgan fingerprint density at radius 3 is 2.25 bits per heavy atom. The summed E-state index contributed by atoms with van der Waals surface area (Å²) in [5.74, 6) is 1.29. The van der Waals surface area contributed by atoms with Crippen molar-refractivity contribution in [2.45, 2.75) is 59.5 Å². The molecular formula is C15H28N4O. The van der Waals surface area contributed by atoms with Gasteiger partial charge in [0.15, 0.2) is 5.82 Å². The van der Waals surface area contributed by atoms with Crippen LogP contribution in [-0.2, 0) is 0 Å². The summed E-state index contributed by atoms with van der Waals surface area (Å²) in [6.45, 7) is 10.3. The molecule has 5 nitrogen and oxygen atoms in total. The zero-order valence-corrected chi connectivity index (χ0v) is 13.2. The van der Waals surface area contributed by atoms with Crippen LogP contribution < -0.4 is 15.4 Å². The minimum atomic E-state index is 0.0554. The molecule has 1 rings (SSSR count). The van der Waals surface area contributed by atoms with E-state index in [2.05, 4.69) is 28.7 Å². The van der Waals surface area contributed by atoms with Gasteiger partial charge in [-0.25, -0.2) is 4.98 Å². The zero-order valence-electron chi connectivity index (χ0n) is 13.2. The zero-order chi connectivity index (χ0) is 15.0. The lowest BCUT2D eigenvalue weighted by atomic mass is 10.2. The number of nitrogen functional groups attached to an aromatic ring is 1. The van der Waals surface area contributed by atoms with Gasteiger partial charge < -0.3 is 15.4 Å². The van der Waals surface area contributed by atoms with Crippen LogP contribution in [-0.4, -0.2) is 29.2 Å². The van der Waals surface area contributed by atoms with Crippen molar-refractivity contribution in [3.63, 3.8) is 0 Å². The Hall–Kier alpha value is -1.52. The van der Waals surface area contributed by atoms with Crippen molar-refractivity contribution in [3.05, 3.63) is 6.33 Å². The number of anilines is 2. The SMILES string of the molecule is CCCCN(CCCC)c1ncnc(OC(C)C)c1N. The van der Waals surface area contributed by atoms with Gasteiger partial charge in [-0.05, 0) is 26.7 Å². The summed E-state index contributed by atoms with van der Waals surface area (Å²) in [7, 11) is 0. The Bertz CT molecular complexity index is 387. The van der Waals surface area contributed by atoms with Crippen molar-refractivity contribution < 1.29 is 4.74 Å². The molecule has 0 aliphatic rings. The quantitative estimate of drug-likeness (QED) is 0.752. The molecule has 1 aromatic heterocycles. The lowest BCUT2D eigenvalue weighted by Crippen LogP contribution is -2.28. The molecule has 0 fully saturated rings. The predicted octanol–water partition coefficient (Wildman–Crippen LogP) is 3.25. The molecule has 0 atom stereocenters. The van der Waals surface area contributed by atoms with Crippen LogP contribution in [0.15, 0.2) is 6.33 Å². The monoisotopic (exact) mass is 280 g/mol. The molecule has 20 heavy (non-hydrogen) atoms. The minimum absolute atomic E-state index is 0.0554. The summed E-state index contributed by atoms with van der Waals surface area (Å²) in [6.07, 6.45) is 6.17. The van der Waals surface area contributed by atoms with Crippen molar-refractivity contribution in [2.24, 2.45) is 0 Å². The highest BCUT2D eigenvalue weighted by molar-refractivity contribution is 5.67. The number of nitrogens with two attached hydrogens (primary N) is 1. The second-order valence-corrected chi connectivity index (χ2v) is 5.28. The van der Waals surface area contributed by atoms with E-state index < -0.39 is 0 Å². The molecule has 0 amide bonds. The van der Waals surface area contributed by atoms with Crippen LogP contribution in [0.5, 0.6) is 5.88 Å². The Kier molecular flexibility index (Phi) is 7.12. The maximum absolute atomic E-state index is 6.18. The Morgan fingerprint density at radius 1 is 1.15 bits per heavy atom. The van der Waals surface area contributed by atoms with E-state index in [-0.39, 0.29) is 6.10 Å². The first-order chi connectivity index (χ1) is 9.60. The molecule has 0 aromatic carbocycles. The summed E-state index contributed by atoms with van der Waals surface area (Å²) in [4.78, 5) is 10.7. The van der Waals surface area contributed by atoms with Gasteiger partial charge in [-0.2, -0.15) is 4.98 Å². The molecule has 114 valence electrons. The third-order valence-corrected chi connectivity index (χ3v) is 3.04. The molecule has 0 saturated heterocycles. The van der Waals surface area contributed by atoms with E-state index in [0.29, 0.717) is 11.6 Å². The van der Waals surface area contributed by atoms with Crippen LogP contribution in [0.2, 0.25) is 0 Å². The average molecular weight is 280 g/mol. The summed E-state index contributed by atoms with van der Waals surface area (Å²) in [6, 6.07) is 0. The third-order valence-electron chi connectivity index (χ3n) is 3.04. The van der Waals surface area contributed by atoms with E-state index in [4.69, 9.17) is 10.5 Å². The maximum Gasteiger partial charge on any atom is 0.242 e. The van der Waals surface area contributed by atoms with Gasteiger partial charge in [0, 0.05) is 13.1 Å². The topological polar surface area (TPSA) is 64.3 Å². The van der Waals surface area contributed by atoms with Crippen molar-refractivity contribution in [3.8, 4) is 5.88 Å². The fraction of sp³-hybridized carbons (Fsp3) is 0.733. The van der Waals surface area contributed by atoms with E-state index in [9.17, 15) is 0 Å². The third kappa shape index (κ3) is 4.87. The molecule has 0 saturated carbocycles. The fourth-order valence-electron chi connectivity index (χ4n) is 1.96. The predicted molar refractivity (Wildman–Crippen MR) is 84.2 cm³/mol. The molecule has 0 unspecified atom stereocenters. The number of ether oxygens (including phenoxy) is 1. The molecule has 2 N–H and O–H groups in total. The van der Waals surface area contributed by atoms with Crippen LogP contribution in [0.3, 0.4) is 0 Å². The second kappa shape index (κ2) is 8.61. The highest BCUT2D eigenvalue weighted by Crippen LogP contribution is 2.29. The van der Waals surface area contributed by atoms with E-state index in [1.54, 1.807) is 0 Å². The van der Waals surface area contributed by atoms with E-state index >= 15 is 0 Å². The first-order valence-corrected chi connectivity index (χ1v) is 7.62. The van der Waals surface area contributed by atoms with Crippen LogP contribution >= 0.6 is 0 Å². The summed E-state index contributed by atoms with van der Waals surface area (Å²) >= 11 is 0. The number of nitrogens with zero attached hydrogens (tertiary/aromatic N) is 3. The molecule has 1 aromatic rings. The Balaban J connectivity index is 2.93. The smallest absolute Gasteiger partial charge is 0.242 e. The van der Waals surface area contributed by atoms with E-state index in [1.165, 1.54) is 6.33 Å². The van der Waals surface area contributed by atoms with Gasteiger partial charge in [0.25, 0.3) is 0 Å². The molecule has 5 heteroatoms. The number of hydrogen-bond donors (Lipinski definition) is 1. The van der Waals surface area contributed by atoms with Crippen LogP contribution in [0, 0.1) is 0 Å². The van der Waals surface area contributed by atoms with Crippen molar-refractivity contribution in [1.82, 2.24) is 9.97 Å². The van der Waals surface area contributed by atoms with Crippen LogP contribution in [0.4, 0.5) is 11.5 Å². The molecule has 1 heterocycles. The fourth-order valence-corrected chi connectivity index (χ4v) is 1.96. The first kappa shape index (κ1) is 16.5. The van der Waals surface area contributed by atoms with Gasteiger partial charge in [-0.1, -0.05) is 26.7 Å². The number of hydrogen-bond acceptors (Lipinski definition) is 5. The lowest BCUT2D eigenvalue weighted by Gasteiger charge is -2.25. The normalized spacial score (nSPS) is 10.8. The largest absolute Gasteiger partial charge is 0.473 e. The lowest BCUT2D eigenvalue weighted by molar-refractivity contribution is 0.234. The Labute approximate surface area is 122 Å². The minimum Gasteiger partial charge on any atom is -0.473 e. The van der Waals surface area contributed by atoms with Gasteiger partial charge >= 0.3 is 0 Å². The second-order valence-electron chi connectivity index (χ2n) is 5.28. The van der Waals surface area contributed by atoms with Gasteiger partial charge in [0.05, 0.1) is 6.10 Å². The first-order valence-electron chi connectivity index (χ1n) is 7.62. The molecule has 0 bridgehead atoms. The van der Waals surface area contributed by atoms with E-state index in [1.807, 2.05) is 13.8 Å². The summed E-state index contributed by atoms with van der Waals surface area (Å²) < 4.78 is 5.64. The number of aromatic nitrogens is 2. The highest BCUT2D eigenvalue weighted by Gasteiger charge is 2.16. The van der Waals surface area contributed by atoms with E-state index in [0.717, 1.165) is 44.6 Å². The summed E-state index contributed by atoms with van der Waals surface area (Å²) in [5, 5.41) is 0. The molecule has 0 aliphatic carbocycles. The van der Waals surface area contributed by atoms with Gasteiger partial charge in [-0.15, -0.1) is 0 Å². The van der Waals surface area contributed by atoms with Gasteiger partial charge in [0.2, 0.25) is 5.88 Å². The van der Waals surface area contributed by atoms with Gasteiger partial charge in [-0.3, -0.25) is 0 Å². The maximum atomic E-state index is 6.18. The molecule has 0 radical (unpaired) electrons. The average Bonchev–Trinajstić information content (AvgIpc) is 2.41. The summed E-state index contributed by atoms with van der Waals surface area (Å²) in [5.41, 5.74) is 6.73. The van der Waals surface area contributed by atoms with Gasteiger partial charge in [0.1, 0.15) is 12.0 Å². The van der Waals surface area contributed by atoms with Crippen molar-refractivity contribution in [2.75, 3.05) is 23.7 Å². The van der Waals surface area contributed by atoms with Crippen LogP contribution in [0.25, 0.3) is 0 Å². The molecule has 0 spiro atoms. The number of unbranched alkanes of at least 4 members (excludes halogenated alkanes) is 2. The molecule has 0 aliphatic heterocycles. The van der Waals surface area contributed by atoms with Crippen LogP contribution in [0.1, 0.15) is 53.4 Å².